The lowest BCUT2D eigenvalue weighted by atomic mass is 9.94. The Hall–Kier alpha value is -4.19. The fraction of sp³-hybridized carbons (Fsp3) is 0.407. The Morgan fingerprint density at radius 3 is 2.31 bits per heavy atom. The van der Waals surface area contributed by atoms with E-state index in [1.165, 1.54) is 11.9 Å². The highest BCUT2D eigenvalue weighted by Crippen LogP contribution is 2.26. The Morgan fingerprint density at radius 2 is 1.56 bits per heavy atom. The second kappa shape index (κ2) is 11.3. The highest BCUT2D eigenvalue weighted by Gasteiger charge is 2.32. The van der Waals surface area contributed by atoms with Crippen LogP contribution in [0.15, 0.2) is 61.4 Å². The van der Waals surface area contributed by atoms with Crippen LogP contribution in [-0.4, -0.2) is 79.6 Å². The van der Waals surface area contributed by atoms with Crippen LogP contribution in [-0.2, 0) is 13.0 Å². The number of nitrogens with zero attached hydrogens (tertiary/aromatic N) is 9. The zero-order valence-electron chi connectivity index (χ0n) is 21.7. The fourth-order valence-corrected chi connectivity index (χ4v) is 5.01. The Balaban J connectivity index is 1.03. The number of rotatable bonds is 8. The number of piperazine rings is 1. The standard InChI is InChI=1S/C27H32FN11/c28-27(6-8-29-9-7-27)19-39-18-23(17-34-39)35-24-32-20-33-26(36-24)38-12-10-37(11-13-38)25-30-15-22(16-31-25)14-21-4-2-1-3-5-21/h1-5,15-18,20,29H,6-14,19H2,(H,32,33,35,36). The van der Waals surface area contributed by atoms with Gasteiger partial charge in [-0.25, -0.2) is 24.3 Å². The van der Waals surface area contributed by atoms with Gasteiger partial charge < -0.3 is 20.4 Å². The van der Waals surface area contributed by atoms with Gasteiger partial charge >= 0.3 is 0 Å². The first-order valence-corrected chi connectivity index (χ1v) is 13.3. The molecule has 0 atom stereocenters. The predicted molar refractivity (Wildman–Crippen MR) is 147 cm³/mol. The molecule has 12 heteroatoms. The monoisotopic (exact) mass is 529 g/mol. The molecule has 2 aliphatic rings. The lowest BCUT2D eigenvalue weighted by Crippen LogP contribution is -2.47. The van der Waals surface area contributed by atoms with Crippen LogP contribution in [0.25, 0.3) is 0 Å². The van der Waals surface area contributed by atoms with E-state index >= 15 is 4.39 Å². The van der Waals surface area contributed by atoms with Crippen molar-refractivity contribution >= 4 is 23.5 Å². The first kappa shape index (κ1) is 25.1. The van der Waals surface area contributed by atoms with Crippen LogP contribution in [0, 0.1) is 0 Å². The molecule has 0 unspecified atom stereocenters. The normalized spacial score (nSPS) is 17.3. The Kier molecular flexibility index (Phi) is 7.26. The number of benzene rings is 1. The van der Waals surface area contributed by atoms with E-state index < -0.39 is 5.67 Å². The fourth-order valence-electron chi connectivity index (χ4n) is 5.01. The minimum absolute atomic E-state index is 0.239. The highest BCUT2D eigenvalue weighted by molar-refractivity contribution is 5.51. The quantitative estimate of drug-likeness (QED) is 0.353. The van der Waals surface area contributed by atoms with Gasteiger partial charge in [-0.3, -0.25) is 4.68 Å². The van der Waals surface area contributed by atoms with Crippen molar-refractivity contribution in [3.05, 3.63) is 72.6 Å². The van der Waals surface area contributed by atoms with Gasteiger partial charge in [0.25, 0.3) is 0 Å². The van der Waals surface area contributed by atoms with E-state index in [2.05, 4.69) is 62.6 Å². The summed E-state index contributed by atoms with van der Waals surface area (Å²) in [6.45, 7) is 4.63. The average molecular weight is 530 g/mol. The maximum Gasteiger partial charge on any atom is 0.232 e. The molecule has 11 nitrogen and oxygen atoms in total. The number of halogens is 1. The number of anilines is 4. The van der Waals surface area contributed by atoms with E-state index in [1.54, 1.807) is 17.1 Å². The summed E-state index contributed by atoms with van der Waals surface area (Å²) in [6.07, 6.45) is 10.6. The van der Waals surface area contributed by atoms with E-state index in [1.807, 2.05) is 30.6 Å². The summed E-state index contributed by atoms with van der Waals surface area (Å²) in [5.74, 6) is 1.77. The zero-order chi connectivity index (χ0) is 26.5. The molecule has 2 aliphatic heterocycles. The van der Waals surface area contributed by atoms with E-state index in [0.29, 0.717) is 43.5 Å². The first-order valence-electron chi connectivity index (χ1n) is 13.3. The Labute approximate surface area is 226 Å². The van der Waals surface area contributed by atoms with Gasteiger partial charge in [0.15, 0.2) is 0 Å². The molecule has 0 amide bonds. The second-order valence-corrected chi connectivity index (χ2v) is 10.1. The third-order valence-corrected chi connectivity index (χ3v) is 7.18. The lowest BCUT2D eigenvalue weighted by Gasteiger charge is -2.34. The number of aromatic nitrogens is 7. The summed E-state index contributed by atoms with van der Waals surface area (Å²) in [4.78, 5) is 26.8. The highest BCUT2D eigenvalue weighted by atomic mass is 19.1. The number of nitrogens with one attached hydrogen (secondary N) is 2. The summed E-state index contributed by atoms with van der Waals surface area (Å²) in [6, 6.07) is 10.3. The number of alkyl halides is 1. The SMILES string of the molecule is FC1(Cn2cc(Nc3ncnc(N4CCN(c5ncc(Cc6ccccc6)cn5)CC4)n3)cn2)CCNCC1. The first-order chi connectivity index (χ1) is 19.1. The number of hydrogen-bond acceptors (Lipinski definition) is 10. The van der Waals surface area contributed by atoms with Gasteiger partial charge in [-0.2, -0.15) is 10.1 Å². The van der Waals surface area contributed by atoms with Crippen molar-refractivity contribution < 1.29 is 4.39 Å². The summed E-state index contributed by atoms with van der Waals surface area (Å²) < 4.78 is 16.7. The topological polar surface area (TPSA) is 113 Å². The van der Waals surface area contributed by atoms with Crippen molar-refractivity contribution in [2.75, 3.05) is 54.4 Å². The molecule has 39 heavy (non-hydrogen) atoms. The van der Waals surface area contributed by atoms with Crippen LogP contribution < -0.4 is 20.4 Å². The van der Waals surface area contributed by atoms with Crippen molar-refractivity contribution in [3.8, 4) is 0 Å². The molecule has 0 aliphatic carbocycles. The zero-order valence-corrected chi connectivity index (χ0v) is 21.7. The smallest absolute Gasteiger partial charge is 0.232 e. The molecule has 0 bridgehead atoms. The summed E-state index contributed by atoms with van der Waals surface area (Å²) in [5.41, 5.74) is 1.82. The Morgan fingerprint density at radius 1 is 0.846 bits per heavy atom. The number of hydrogen-bond donors (Lipinski definition) is 2. The summed E-state index contributed by atoms with van der Waals surface area (Å²) in [7, 11) is 0. The largest absolute Gasteiger partial charge is 0.337 e. The third-order valence-electron chi connectivity index (χ3n) is 7.18. The summed E-state index contributed by atoms with van der Waals surface area (Å²) in [5, 5.41) is 10.7. The minimum Gasteiger partial charge on any atom is -0.337 e. The van der Waals surface area contributed by atoms with Crippen molar-refractivity contribution in [1.82, 2.24) is 40.0 Å². The molecule has 2 saturated heterocycles. The van der Waals surface area contributed by atoms with Crippen molar-refractivity contribution in [2.24, 2.45) is 0 Å². The third kappa shape index (κ3) is 6.28. The van der Waals surface area contributed by atoms with Crippen LogP contribution in [0.5, 0.6) is 0 Å². The molecule has 2 N–H and O–H groups in total. The molecule has 202 valence electrons. The molecule has 5 heterocycles. The van der Waals surface area contributed by atoms with Gasteiger partial charge in [0.05, 0.1) is 18.4 Å². The summed E-state index contributed by atoms with van der Waals surface area (Å²) >= 11 is 0. The molecule has 0 radical (unpaired) electrons. The molecule has 3 aromatic heterocycles. The lowest BCUT2D eigenvalue weighted by molar-refractivity contribution is 0.0895. The van der Waals surface area contributed by atoms with Gasteiger partial charge in [-0.05, 0) is 37.1 Å². The Bertz CT molecular complexity index is 1350. The van der Waals surface area contributed by atoms with Crippen LogP contribution in [0.2, 0.25) is 0 Å². The average Bonchev–Trinajstić information content (AvgIpc) is 3.40. The molecule has 6 rings (SSSR count). The molecule has 0 saturated carbocycles. The van der Waals surface area contributed by atoms with Crippen LogP contribution in [0.4, 0.5) is 27.9 Å². The molecule has 0 spiro atoms. The second-order valence-electron chi connectivity index (χ2n) is 10.1. The molecular weight excluding hydrogens is 497 g/mol. The van der Waals surface area contributed by atoms with E-state index in [4.69, 9.17) is 0 Å². The van der Waals surface area contributed by atoms with Gasteiger partial charge in [-0.1, -0.05) is 30.3 Å². The maximum atomic E-state index is 15.0. The maximum absolute atomic E-state index is 15.0. The van der Waals surface area contributed by atoms with Crippen LogP contribution >= 0.6 is 0 Å². The van der Waals surface area contributed by atoms with Crippen LogP contribution in [0.1, 0.15) is 24.0 Å². The predicted octanol–water partition coefficient (Wildman–Crippen LogP) is 2.61. The van der Waals surface area contributed by atoms with Gasteiger partial charge in [0.1, 0.15) is 12.0 Å². The van der Waals surface area contributed by atoms with Crippen LogP contribution in [0.3, 0.4) is 0 Å². The van der Waals surface area contributed by atoms with Crippen molar-refractivity contribution in [1.29, 1.82) is 0 Å². The van der Waals surface area contributed by atoms with Gasteiger partial charge in [-0.15, -0.1) is 0 Å². The van der Waals surface area contributed by atoms with E-state index in [0.717, 1.165) is 44.1 Å². The molecule has 2 fully saturated rings. The van der Waals surface area contributed by atoms with E-state index in [9.17, 15) is 0 Å². The molecular formula is C27H32FN11. The molecule has 1 aromatic carbocycles. The number of piperidine rings is 1. The van der Waals surface area contributed by atoms with Crippen molar-refractivity contribution in [2.45, 2.75) is 31.5 Å². The van der Waals surface area contributed by atoms with Gasteiger partial charge in [0, 0.05) is 51.2 Å². The van der Waals surface area contributed by atoms with Gasteiger partial charge in [0.2, 0.25) is 17.8 Å². The van der Waals surface area contributed by atoms with E-state index in [-0.39, 0.29) is 6.54 Å². The molecule has 4 aromatic rings. The minimum atomic E-state index is -1.23. The van der Waals surface area contributed by atoms with Crippen molar-refractivity contribution in [3.63, 3.8) is 0 Å².